The van der Waals surface area contributed by atoms with Gasteiger partial charge in [-0.1, -0.05) is 11.2 Å². The standard InChI is InChI=1S/C24H28N4O4/c1-13-22(14(2)32-27-13)16-8-11-20-19(12-16)26-23(18-4-3-5-21(29)25-18)28(20)17-9-6-15(7-10-17)24(30)31/h8,11-12,15,17-18H,3-7,9-10H2,1-2H3,(H,25,29)(H,30,31)/t15?,17?,18-/m0/s1. The third-order valence-corrected chi connectivity index (χ3v) is 6.99. The van der Waals surface area contributed by atoms with Crippen molar-refractivity contribution in [2.24, 2.45) is 5.92 Å². The lowest BCUT2D eigenvalue weighted by atomic mass is 9.85. The maximum atomic E-state index is 12.1. The van der Waals surface area contributed by atoms with E-state index < -0.39 is 5.97 Å². The van der Waals surface area contributed by atoms with Gasteiger partial charge in [0.25, 0.3) is 0 Å². The molecule has 32 heavy (non-hydrogen) atoms. The van der Waals surface area contributed by atoms with E-state index in [0.29, 0.717) is 19.3 Å². The molecular weight excluding hydrogens is 408 g/mol. The lowest BCUT2D eigenvalue weighted by molar-refractivity contribution is -0.143. The topological polar surface area (TPSA) is 110 Å². The number of nitrogens with one attached hydrogen (secondary N) is 1. The summed E-state index contributed by atoms with van der Waals surface area (Å²) in [5.41, 5.74) is 4.72. The van der Waals surface area contributed by atoms with Crippen LogP contribution in [0.3, 0.4) is 0 Å². The molecule has 5 rings (SSSR count). The number of imidazole rings is 1. The fourth-order valence-corrected chi connectivity index (χ4v) is 5.38. The molecule has 2 aliphatic rings. The van der Waals surface area contributed by atoms with Gasteiger partial charge in [0.1, 0.15) is 11.6 Å². The van der Waals surface area contributed by atoms with Gasteiger partial charge >= 0.3 is 5.97 Å². The Balaban J connectivity index is 1.59. The number of carboxylic acids is 1. The fourth-order valence-electron chi connectivity index (χ4n) is 5.38. The number of piperidine rings is 1. The van der Waals surface area contributed by atoms with Crippen LogP contribution in [-0.4, -0.2) is 31.7 Å². The molecule has 1 aromatic carbocycles. The van der Waals surface area contributed by atoms with Crippen LogP contribution in [-0.2, 0) is 9.59 Å². The zero-order valence-electron chi connectivity index (χ0n) is 18.4. The summed E-state index contributed by atoms with van der Waals surface area (Å²) in [6.45, 7) is 3.83. The summed E-state index contributed by atoms with van der Waals surface area (Å²) in [6.07, 6.45) is 5.16. The van der Waals surface area contributed by atoms with Crippen LogP contribution in [0.25, 0.3) is 22.2 Å². The number of hydrogen-bond acceptors (Lipinski definition) is 5. The fraction of sp³-hybridized carbons (Fsp3) is 0.500. The van der Waals surface area contributed by atoms with Crippen molar-refractivity contribution in [2.45, 2.75) is 70.9 Å². The minimum atomic E-state index is -0.706. The largest absolute Gasteiger partial charge is 0.481 e. The Hall–Kier alpha value is -3.16. The first-order chi connectivity index (χ1) is 15.4. The van der Waals surface area contributed by atoms with Gasteiger partial charge in [0.05, 0.1) is 28.7 Å². The van der Waals surface area contributed by atoms with Crippen LogP contribution in [0, 0.1) is 19.8 Å². The summed E-state index contributed by atoms with van der Waals surface area (Å²) in [6, 6.07) is 6.27. The summed E-state index contributed by atoms with van der Waals surface area (Å²) in [5.74, 6) is 0.731. The van der Waals surface area contributed by atoms with Gasteiger partial charge in [-0.3, -0.25) is 9.59 Å². The predicted octanol–water partition coefficient (Wildman–Crippen LogP) is 4.47. The lowest BCUT2D eigenvalue weighted by Gasteiger charge is -2.31. The molecule has 0 unspecified atom stereocenters. The van der Waals surface area contributed by atoms with E-state index in [4.69, 9.17) is 9.51 Å². The summed E-state index contributed by atoms with van der Waals surface area (Å²) in [4.78, 5) is 28.6. The molecular formula is C24H28N4O4. The Bertz CT molecular complexity index is 1170. The lowest BCUT2D eigenvalue weighted by Crippen LogP contribution is -2.35. The SMILES string of the molecule is Cc1noc(C)c1-c1ccc2c(c1)nc([C@@H]1CCCC(=O)N1)n2C1CCC(C(=O)O)CC1. The molecule has 1 aliphatic heterocycles. The number of benzene rings is 1. The molecule has 2 fully saturated rings. The van der Waals surface area contributed by atoms with Gasteiger partial charge in [0.2, 0.25) is 5.91 Å². The highest BCUT2D eigenvalue weighted by molar-refractivity contribution is 5.84. The second-order valence-corrected chi connectivity index (χ2v) is 9.10. The Morgan fingerprint density at radius 2 is 1.97 bits per heavy atom. The number of amides is 1. The molecule has 3 heterocycles. The van der Waals surface area contributed by atoms with E-state index in [1.165, 1.54) is 0 Å². The van der Waals surface area contributed by atoms with Gasteiger partial charge in [-0.2, -0.15) is 0 Å². The number of aromatic nitrogens is 3. The molecule has 1 saturated carbocycles. The number of hydrogen-bond donors (Lipinski definition) is 2. The van der Waals surface area contributed by atoms with Crippen molar-refractivity contribution in [2.75, 3.05) is 0 Å². The van der Waals surface area contributed by atoms with E-state index in [1.807, 2.05) is 13.8 Å². The van der Waals surface area contributed by atoms with Crippen LogP contribution >= 0.6 is 0 Å². The normalized spacial score (nSPS) is 23.9. The second-order valence-electron chi connectivity index (χ2n) is 9.10. The van der Waals surface area contributed by atoms with E-state index in [9.17, 15) is 14.7 Å². The van der Waals surface area contributed by atoms with Crippen molar-refractivity contribution in [1.29, 1.82) is 0 Å². The molecule has 0 radical (unpaired) electrons. The first-order valence-corrected chi connectivity index (χ1v) is 11.4. The molecule has 1 amide bonds. The van der Waals surface area contributed by atoms with Crippen molar-refractivity contribution < 1.29 is 19.2 Å². The van der Waals surface area contributed by atoms with Crippen molar-refractivity contribution in [3.8, 4) is 11.1 Å². The number of carbonyl (C=O) groups is 2. The molecule has 2 aromatic heterocycles. The van der Waals surface area contributed by atoms with Crippen molar-refractivity contribution >= 4 is 22.9 Å². The average Bonchev–Trinajstić information content (AvgIpc) is 3.33. The molecule has 2 N–H and O–H groups in total. The van der Waals surface area contributed by atoms with Gasteiger partial charge < -0.3 is 19.5 Å². The van der Waals surface area contributed by atoms with E-state index in [2.05, 4.69) is 33.2 Å². The molecule has 1 atom stereocenters. The Labute approximate surface area is 186 Å². The number of nitrogens with zero attached hydrogens (tertiary/aromatic N) is 3. The molecule has 0 spiro atoms. The van der Waals surface area contributed by atoms with Crippen LogP contribution in [0.2, 0.25) is 0 Å². The Morgan fingerprint density at radius 3 is 2.62 bits per heavy atom. The number of carboxylic acid groups (broad SMARTS) is 1. The first kappa shape index (κ1) is 20.7. The number of carbonyl (C=O) groups excluding carboxylic acids is 1. The third-order valence-electron chi connectivity index (χ3n) is 6.99. The second kappa shape index (κ2) is 8.07. The van der Waals surface area contributed by atoms with Crippen molar-refractivity contribution in [1.82, 2.24) is 20.0 Å². The smallest absolute Gasteiger partial charge is 0.306 e. The molecule has 168 valence electrons. The maximum absolute atomic E-state index is 12.1. The van der Waals surface area contributed by atoms with Crippen LogP contribution in [0.4, 0.5) is 0 Å². The quantitative estimate of drug-likeness (QED) is 0.625. The van der Waals surface area contributed by atoms with Crippen molar-refractivity contribution in [3.05, 3.63) is 35.5 Å². The molecule has 3 aromatic rings. The van der Waals surface area contributed by atoms with Gasteiger partial charge in [0, 0.05) is 18.0 Å². The molecule has 8 nitrogen and oxygen atoms in total. The van der Waals surface area contributed by atoms with Crippen LogP contribution in [0.1, 0.15) is 74.3 Å². The van der Waals surface area contributed by atoms with E-state index >= 15 is 0 Å². The highest BCUT2D eigenvalue weighted by Gasteiger charge is 2.32. The summed E-state index contributed by atoms with van der Waals surface area (Å²) in [7, 11) is 0. The van der Waals surface area contributed by atoms with Crippen LogP contribution in [0.5, 0.6) is 0 Å². The zero-order valence-corrected chi connectivity index (χ0v) is 18.4. The minimum absolute atomic E-state index is 0.0610. The maximum Gasteiger partial charge on any atom is 0.306 e. The van der Waals surface area contributed by atoms with Gasteiger partial charge in [-0.05, 0) is 70.1 Å². The Kier molecular flexibility index (Phi) is 5.23. The van der Waals surface area contributed by atoms with E-state index in [-0.39, 0.29) is 23.9 Å². The monoisotopic (exact) mass is 436 g/mol. The summed E-state index contributed by atoms with van der Waals surface area (Å²) < 4.78 is 7.62. The number of aliphatic carboxylic acids is 1. The first-order valence-electron chi connectivity index (χ1n) is 11.4. The number of aryl methyl sites for hydroxylation is 2. The minimum Gasteiger partial charge on any atom is -0.481 e. The van der Waals surface area contributed by atoms with Crippen LogP contribution in [0.15, 0.2) is 22.7 Å². The highest BCUT2D eigenvalue weighted by Crippen LogP contribution is 2.39. The molecule has 8 heteroatoms. The summed E-state index contributed by atoms with van der Waals surface area (Å²) >= 11 is 0. The van der Waals surface area contributed by atoms with E-state index in [0.717, 1.165) is 65.1 Å². The van der Waals surface area contributed by atoms with Crippen molar-refractivity contribution in [3.63, 3.8) is 0 Å². The molecule has 1 saturated heterocycles. The summed E-state index contributed by atoms with van der Waals surface area (Å²) in [5, 5.41) is 16.6. The highest BCUT2D eigenvalue weighted by atomic mass is 16.5. The van der Waals surface area contributed by atoms with E-state index in [1.54, 1.807) is 0 Å². The third kappa shape index (κ3) is 3.57. The molecule has 0 bridgehead atoms. The Morgan fingerprint density at radius 1 is 1.19 bits per heavy atom. The van der Waals surface area contributed by atoms with Gasteiger partial charge in [-0.15, -0.1) is 0 Å². The predicted molar refractivity (Wildman–Crippen MR) is 118 cm³/mol. The number of fused-ring (bicyclic) bond motifs is 1. The molecule has 1 aliphatic carbocycles. The number of rotatable bonds is 4. The van der Waals surface area contributed by atoms with Gasteiger partial charge in [0.15, 0.2) is 0 Å². The average molecular weight is 437 g/mol. The zero-order chi connectivity index (χ0) is 22.4. The van der Waals surface area contributed by atoms with Crippen LogP contribution < -0.4 is 5.32 Å². The van der Waals surface area contributed by atoms with Gasteiger partial charge in [-0.25, -0.2) is 4.98 Å².